The number of ether oxygens (including phenoxy) is 1. The van der Waals surface area contributed by atoms with Gasteiger partial charge in [-0.3, -0.25) is 5.32 Å². The molecule has 0 saturated heterocycles. The maximum atomic E-state index is 11.7. The lowest BCUT2D eigenvalue weighted by Gasteiger charge is -2.09. The minimum absolute atomic E-state index is 0.418. The molecule has 19 heavy (non-hydrogen) atoms. The summed E-state index contributed by atoms with van der Waals surface area (Å²) in [5, 5.41) is 3.77. The summed E-state index contributed by atoms with van der Waals surface area (Å²) in [6.45, 7) is 1.87. The van der Waals surface area contributed by atoms with Gasteiger partial charge in [-0.15, -0.1) is 0 Å². The smallest absolute Gasteiger partial charge is 0.410 e. The highest BCUT2D eigenvalue weighted by Crippen LogP contribution is 2.21. The van der Waals surface area contributed by atoms with Crippen molar-refractivity contribution < 1.29 is 9.53 Å². The number of hydrogen-bond donors (Lipinski definition) is 1. The normalized spacial score (nSPS) is 10.1. The van der Waals surface area contributed by atoms with Crippen LogP contribution in [0.25, 0.3) is 0 Å². The van der Waals surface area contributed by atoms with E-state index < -0.39 is 6.09 Å². The van der Waals surface area contributed by atoms with Crippen LogP contribution in [-0.4, -0.2) is 6.09 Å². The number of amides is 1. The second-order valence-electron chi connectivity index (χ2n) is 3.93. The van der Waals surface area contributed by atoms with Crippen LogP contribution in [0.5, 0.6) is 5.75 Å². The van der Waals surface area contributed by atoms with Crippen molar-refractivity contribution >= 4 is 35.0 Å². The van der Waals surface area contributed by atoms with Gasteiger partial charge in [0, 0.05) is 15.7 Å². The van der Waals surface area contributed by atoms with Gasteiger partial charge in [0.25, 0.3) is 0 Å². The molecule has 2 aromatic carbocycles. The molecule has 98 valence electrons. The molecule has 0 atom stereocenters. The van der Waals surface area contributed by atoms with Crippen LogP contribution < -0.4 is 10.1 Å². The summed E-state index contributed by atoms with van der Waals surface area (Å²) in [5.74, 6) is 0.418. The minimum Gasteiger partial charge on any atom is -0.410 e. The van der Waals surface area contributed by atoms with Gasteiger partial charge in [-0.2, -0.15) is 0 Å². The molecule has 0 bridgehead atoms. The zero-order valence-electron chi connectivity index (χ0n) is 10.1. The van der Waals surface area contributed by atoms with E-state index >= 15 is 0 Å². The quantitative estimate of drug-likeness (QED) is 0.854. The van der Waals surface area contributed by atoms with Crippen molar-refractivity contribution in [2.75, 3.05) is 5.32 Å². The lowest BCUT2D eigenvalue weighted by atomic mass is 10.2. The van der Waals surface area contributed by atoms with Crippen molar-refractivity contribution in [3.63, 3.8) is 0 Å². The van der Waals surface area contributed by atoms with Gasteiger partial charge in [-0.25, -0.2) is 4.79 Å². The third-order valence-electron chi connectivity index (χ3n) is 2.46. The number of rotatable bonds is 2. The number of hydrogen-bond acceptors (Lipinski definition) is 2. The fourth-order valence-corrected chi connectivity index (χ4v) is 1.77. The molecule has 0 aromatic heterocycles. The number of halogens is 2. The Kier molecular flexibility index (Phi) is 4.30. The number of nitrogens with one attached hydrogen (secondary N) is 1. The van der Waals surface area contributed by atoms with E-state index in [1.807, 2.05) is 13.0 Å². The molecular weight excluding hydrogens is 285 g/mol. The van der Waals surface area contributed by atoms with Gasteiger partial charge in [0.05, 0.1) is 0 Å². The van der Waals surface area contributed by atoms with Crippen LogP contribution in [0, 0.1) is 6.92 Å². The van der Waals surface area contributed by atoms with Gasteiger partial charge >= 0.3 is 6.09 Å². The van der Waals surface area contributed by atoms with Crippen LogP contribution in [0.4, 0.5) is 10.5 Å². The van der Waals surface area contributed by atoms with E-state index in [1.54, 1.807) is 36.4 Å². The molecular formula is C14H11Cl2NO2. The van der Waals surface area contributed by atoms with Gasteiger partial charge in [-0.1, -0.05) is 29.3 Å². The summed E-state index contributed by atoms with van der Waals surface area (Å²) in [4.78, 5) is 11.7. The highest BCUT2D eigenvalue weighted by atomic mass is 35.5. The number of aryl methyl sites for hydroxylation is 1. The zero-order valence-corrected chi connectivity index (χ0v) is 11.6. The Balaban J connectivity index is 2.05. The van der Waals surface area contributed by atoms with Crippen molar-refractivity contribution in [3.05, 3.63) is 58.1 Å². The fraction of sp³-hybridized carbons (Fsp3) is 0.0714. The lowest BCUT2D eigenvalue weighted by molar-refractivity contribution is 0.215. The number of carbonyl (C=O) groups is 1. The van der Waals surface area contributed by atoms with Crippen LogP contribution in [0.2, 0.25) is 10.0 Å². The fourth-order valence-electron chi connectivity index (χ4n) is 1.47. The van der Waals surface area contributed by atoms with Gasteiger partial charge < -0.3 is 4.74 Å². The van der Waals surface area contributed by atoms with Gasteiger partial charge in [-0.05, 0) is 48.9 Å². The first-order valence-electron chi connectivity index (χ1n) is 5.55. The average Bonchev–Trinajstić information content (AvgIpc) is 2.37. The highest BCUT2D eigenvalue weighted by molar-refractivity contribution is 6.31. The number of anilines is 1. The van der Waals surface area contributed by atoms with E-state index in [1.165, 1.54) is 0 Å². The molecule has 0 fully saturated rings. The summed E-state index contributed by atoms with van der Waals surface area (Å²) < 4.78 is 5.12. The molecule has 2 aromatic rings. The number of benzene rings is 2. The second-order valence-corrected chi connectivity index (χ2v) is 4.80. The van der Waals surface area contributed by atoms with E-state index in [9.17, 15) is 4.79 Å². The first kappa shape index (κ1) is 13.7. The Hall–Kier alpha value is -1.71. The minimum atomic E-state index is -0.576. The first-order chi connectivity index (χ1) is 9.04. The molecule has 0 aliphatic rings. The summed E-state index contributed by atoms with van der Waals surface area (Å²) in [6, 6.07) is 11.8. The van der Waals surface area contributed by atoms with E-state index in [0.717, 1.165) is 5.56 Å². The monoisotopic (exact) mass is 295 g/mol. The molecule has 0 unspecified atom stereocenters. The predicted molar refractivity (Wildman–Crippen MR) is 77.3 cm³/mol. The lowest BCUT2D eigenvalue weighted by Crippen LogP contribution is -2.17. The predicted octanol–water partition coefficient (Wildman–Crippen LogP) is 4.91. The SMILES string of the molecule is Cc1ccc(Cl)cc1NC(=O)Oc1ccc(Cl)cc1. The Morgan fingerprint density at radius 2 is 1.68 bits per heavy atom. The third kappa shape index (κ3) is 3.88. The van der Waals surface area contributed by atoms with Crippen molar-refractivity contribution in [2.24, 2.45) is 0 Å². The van der Waals surface area contributed by atoms with E-state index in [-0.39, 0.29) is 0 Å². The van der Waals surface area contributed by atoms with Crippen molar-refractivity contribution in [1.82, 2.24) is 0 Å². The molecule has 3 nitrogen and oxygen atoms in total. The van der Waals surface area contributed by atoms with Crippen molar-refractivity contribution in [2.45, 2.75) is 6.92 Å². The topological polar surface area (TPSA) is 38.3 Å². The molecule has 0 aliphatic heterocycles. The molecule has 0 radical (unpaired) electrons. The van der Waals surface area contributed by atoms with Crippen LogP contribution in [0.1, 0.15) is 5.56 Å². The summed E-state index contributed by atoms with van der Waals surface area (Å²) in [6.07, 6.45) is -0.576. The van der Waals surface area contributed by atoms with Crippen molar-refractivity contribution in [1.29, 1.82) is 0 Å². The Morgan fingerprint density at radius 1 is 1.05 bits per heavy atom. The maximum absolute atomic E-state index is 11.7. The first-order valence-corrected chi connectivity index (χ1v) is 6.31. The molecule has 1 amide bonds. The van der Waals surface area contributed by atoms with E-state index in [0.29, 0.717) is 21.5 Å². The second kappa shape index (κ2) is 5.95. The molecule has 0 saturated carbocycles. The highest BCUT2D eigenvalue weighted by Gasteiger charge is 2.07. The van der Waals surface area contributed by atoms with Gasteiger partial charge in [0.2, 0.25) is 0 Å². The molecule has 2 rings (SSSR count). The van der Waals surface area contributed by atoms with Crippen molar-refractivity contribution in [3.8, 4) is 5.75 Å². The van der Waals surface area contributed by atoms with Gasteiger partial charge in [0.1, 0.15) is 5.75 Å². The van der Waals surface area contributed by atoms with Crippen LogP contribution >= 0.6 is 23.2 Å². The van der Waals surface area contributed by atoms with E-state index in [2.05, 4.69) is 5.32 Å². The third-order valence-corrected chi connectivity index (χ3v) is 2.95. The molecule has 0 heterocycles. The largest absolute Gasteiger partial charge is 0.417 e. The molecule has 0 aliphatic carbocycles. The van der Waals surface area contributed by atoms with Crippen LogP contribution in [-0.2, 0) is 0 Å². The Labute approximate surface area is 121 Å². The summed E-state index contributed by atoms with van der Waals surface area (Å²) in [7, 11) is 0. The summed E-state index contributed by atoms with van der Waals surface area (Å²) in [5.41, 5.74) is 1.52. The number of carbonyl (C=O) groups excluding carboxylic acids is 1. The summed E-state index contributed by atoms with van der Waals surface area (Å²) >= 11 is 11.6. The Morgan fingerprint density at radius 3 is 2.37 bits per heavy atom. The molecule has 0 spiro atoms. The Bertz CT molecular complexity index is 597. The van der Waals surface area contributed by atoms with Gasteiger partial charge in [0.15, 0.2) is 0 Å². The van der Waals surface area contributed by atoms with Crippen LogP contribution in [0.3, 0.4) is 0 Å². The zero-order chi connectivity index (χ0) is 13.8. The molecule has 5 heteroatoms. The average molecular weight is 296 g/mol. The van der Waals surface area contributed by atoms with Crippen LogP contribution in [0.15, 0.2) is 42.5 Å². The van der Waals surface area contributed by atoms with E-state index in [4.69, 9.17) is 27.9 Å². The maximum Gasteiger partial charge on any atom is 0.417 e. The standard InChI is InChI=1S/C14H11Cl2NO2/c1-9-2-3-11(16)8-13(9)17-14(18)19-12-6-4-10(15)5-7-12/h2-8H,1H3,(H,17,18). The molecule has 1 N–H and O–H groups in total.